The van der Waals surface area contributed by atoms with E-state index in [0.717, 1.165) is 29.8 Å². The third-order valence-electron chi connectivity index (χ3n) is 9.74. The normalized spacial score (nSPS) is 15.3. The van der Waals surface area contributed by atoms with Crippen LogP contribution in [-0.4, -0.2) is 43.8 Å². The highest BCUT2D eigenvalue weighted by molar-refractivity contribution is 7.88. The number of amides is 1. The quantitative estimate of drug-likeness (QED) is 0.0465. The van der Waals surface area contributed by atoms with Gasteiger partial charge in [-0.3, -0.25) is 15.0 Å². The fourth-order valence-electron chi connectivity index (χ4n) is 6.71. The van der Waals surface area contributed by atoms with E-state index in [9.17, 15) is 23.1 Å². The summed E-state index contributed by atoms with van der Waals surface area (Å²) in [4.78, 5) is 30.2. The van der Waals surface area contributed by atoms with Crippen LogP contribution in [0.3, 0.4) is 0 Å². The van der Waals surface area contributed by atoms with Gasteiger partial charge in [0, 0.05) is 17.3 Å². The van der Waals surface area contributed by atoms with Crippen LogP contribution in [-0.2, 0) is 25.4 Å². The maximum atomic E-state index is 13.9. The van der Waals surface area contributed by atoms with Crippen LogP contribution in [0.15, 0.2) is 77.3 Å². The zero-order valence-electron chi connectivity index (χ0n) is 33.1. The number of sulfonamides is 1. The summed E-state index contributed by atoms with van der Waals surface area (Å²) in [6, 6.07) is 14.8. The fraction of sp³-hybridized carbons (Fsp3) is 0.465. The van der Waals surface area contributed by atoms with Gasteiger partial charge in [-0.2, -0.15) is 4.72 Å². The number of hydrogen-bond acceptors (Lipinski definition) is 6. The summed E-state index contributed by atoms with van der Waals surface area (Å²) >= 11 is 25.6. The molecule has 0 radical (unpaired) electrons. The second kappa shape index (κ2) is 24.7. The molecule has 3 aromatic carbocycles. The van der Waals surface area contributed by atoms with E-state index in [0.29, 0.717) is 11.3 Å². The van der Waals surface area contributed by atoms with Gasteiger partial charge >= 0.3 is 5.97 Å². The predicted molar refractivity (Wildman–Crippen MR) is 240 cm³/mol. The molecule has 316 valence electrons. The summed E-state index contributed by atoms with van der Waals surface area (Å²) in [7, 11) is -4.08. The summed E-state index contributed by atoms with van der Waals surface area (Å²) in [5.41, 5.74) is 4.99. The first-order chi connectivity index (χ1) is 27.9. The predicted octanol–water partition coefficient (Wildman–Crippen LogP) is 12.1. The molecule has 4 N–H and O–H groups in total. The maximum Gasteiger partial charge on any atom is 0.307 e. The molecule has 0 bridgehead atoms. The van der Waals surface area contributed by atoms with Gasteiger partial charge < -0.3 is 10.4 Å². The Hall–Kier alpha value is -3.32. The lowest BCUT2D eigenvalue weighted by molar-refractivity contribution is -0.136. The number of aliphatic imine (C=N–C) groups is 1. The van der Waals surface area contributed by atoms with Gasteiger partial charge in [-0.1, -0.05) is 173 Å². The number of nitrogens with one attached hydrogen (secondary N) is 3. The van der Waals surface area contributed by atoms with Crippen LogP contribution in [0, 0.1) is 0 Å². The van der Waals surface area contributed by atoms with Crippen LogP contribution in [0.25, 0.3) is 0 Å². The highest BCUT2D eigenvalue weighted by Gasteiger charge is 2.42. The third-order valence-corrected chi connectivity index (χ3v) is 12.2. The summed E-state index contributed by atoms with van der Waals surface area (Å²) in [6.45, 7) is 2.53. The minimum Gasteiger partial charge on any atom is -0.481 e. The molecule has 10 nitrogen and oxygen atoms in total. The third kappa shape index (κ3) is 16.0. The molecule has 15 heteroatoms. The van der Waals surface area contributed by atoms with Crippen molar-refractivity contribution >= 4 is 91.2 Å². The molecule has 0 saturated carbocycles. The lowest BCUT2D eigenvalue weighted by atomic mass is 10.0. The first-order valence-corrected chi connectivity index (χ1v) is 23.3. The second-order valence-electron chi connectivity index (χ2n) is 14.6. The highest BCUT2D eigenvalue weighted by atomic mass is 35.5. The standard InChI is InChI=1S/C43H55Cl4N5O5S/c1-2-3-4-5-6-7-8-9-10-11-12-13-14-15-17-22-32(25-39(53)54)29-48-34-23-24-35(45)38(28-34)49-42-40(51-58(56,57)30-31-20-18-16-19-21-31)43(55)52(50-42)41-36(46)26-33(44)27-37(41)47/h16,18-24,26-28,40,48,51H,2-15,17,25,29-30H2,1H3,(H,49,50)(H,53,54). The van der Waals surface area contributed by atoms with Gasteiger partial charge in [0.25, 0.3) is 5.91 Å². The summed E-state index contributed by atoms with van der Waals surface area (Å²) in [5, 5.41) is 14.4. The zero-order chi connectivity index (χ0) is 41.9. The largest absolute Gasteiger partial charge is 0.481 e. The van der Waals surface area contributed by atoms with Crippen LogP contribution in [0.5, 0.6) is 0 Å². The molecule has 1 amide bonds. The van der Waals surface area contributed by atoms with Gasteiger partial charge in [0.1, 0.15) is 11.5 Å². The van der Waals surface area contributed by atoms with E-state index in [1.807, 2.05) is 6.08 Å². The number of amidine groups is 1. The van der Waals surface area contributed by atoms with Crippen molar-refractivity contribution in [1.29, 1.82) is 0 Å². The Bertz CT molecular complexity index is 1960. The monoisotopic (exact) mass is 893 g/mol. The number of carboxylic acids is 1. The number of halogens is 4. The lowest BCUT2D eigenvalue weighted by Crippen LogP contribution is -2.44. The number of carbonyl (C=O) groups is 2. The topological polar surface area (TPSA) is 140 Å². The van der Waals surface area contributed by atoms with Crippen LogP contribution < -0.4 is 20.5 Å². The molecule has 1 saturated heterocycles. The summed E-state index contributed by atoms with van der Waals surface area (Å²) in [6.07, 6.45) is 20.6. The van der Waals surface area contributed by atoms with Crippen LogP contribution in [0.1, 0.15) is 115 Å². The van der Waals surface area contributed by atoms with Gasteiger partial charge in [-0.25, -0.2) is 18.4 Å². The number of rotatable bonds is 26. The average molecular weight is 896 g/mol. The molecular weight excluding hydrogens is 840 g/mol. The SMILES string of the molecule is CCCCCCCCCCCCCCCCC=C(CNc1ccc(Cl)c(N=C2NN(c3c(Cl)cc(Cl)cc3Cl)C(=O)C2NS(=O)(=O)Cc2ccccc2)c1)CC(=O)O. The number of allylic oxidation sites excluding steroid dienone is 1. The van der Waals surface area contributed by atoms with Gasteiger partial charge in [-0.15, -0.1) is 0 Å². The number of carbonyl (C=O) groups excluding carboxylic acids is 1. The van der Waals surface area contributed by atoms with Gasteiger partial charge in [0.15, 0.2) is 6.04 Å². The van der Waals surface area contributed by atoms with E-state index in [-0.39, 0.29) is 56.0 Å². The Kier molecular flexibility index (Phi) is 20.2. The molecule has 1 fully saturated rings. The minimum atomic E-state index is -4.08. The average Bonchev–Trinajstić information content (AvgIpc) is 3.45. The Labute approximate surface area is 363 Å². The number of benzene rings is 3. The van der Waals surface area contributed by atoms with Gasteiger partial charge in [-0.05, 0) is 54.3 Å². The van der Waals surface area contributed by atoms with Crippen molar-refractivity contribution in [2.45, 2.75) is 121 Å². The molecule has 1 unspecified atom stereocenters. The zero-order valence-corrected chi connectivity index (χ0v) is 36.9. The van der Waals surface area contributed by atoms with Crippen molar-refractivity contribution in [3.63, 3.8) is 0 Å². The number of hydrazine groups is 1. The number of carboxylic acid groups (broad SMARTS) is 1. The smallest absolute Gasteiger partial charge is 0.307 e. The highest BCUT2D eigenvalue weighted by Crippen LogP contribution is 2.38. The molecule has 1 heterocycles. The molecule has 1 atom stereocenters. The Balaban J connectivity index is 1.39. The minimum absolute atomic E-state index is 0.0456. The molecule has 58 heavy (non-hydrogen) atoms. The van der Waals surface area contributed by atoms with Crippen LogP contribution in [0.4, 0.5) is 17.1 Å². The van der Waals surface area contributed by atoms with E-state index < -0.39 is 27.9 Å². The van der Waals surface area contributed by atoms with Gasteiger partial charge in [0.05, 0.1) is 32.9 Å². The number of aliphatic carboxylic acids is 1. The molecular formula is C43H55Cl4N5O5S. The Morgan fingerprint density at radius 1 is 0.828 bits per heavy atom. The Morgan fingerprint density at radius 2 is 1.41 bits per heavy atom. The second-order valence-corrected chi connectivity index (χ2v) is 18.0. The molecule has 0 aliphatic carbocycles. The lowest BCUT2D eigenvalue weighted by Gasteiger charge is -2.19. The molecule has 1 aliphatic rings. The van der Waals surface area contributed by atoms with E-state index in [4.69, 9.17) is 46.4 Å². The van der Waals surface area contributed by atoms with Crippen molar-refractivity contribution < 1.29 is 23.1 Å². The van der Waals surface area contributed by atoms with Gasteiger partial charge in [0.2, 0.25) is 10.0 Å². The molecule has 0 spiro atoms. The fourth-order valence-corrected chi connectivity index (χ4v) is 9.14. The Morgan fingerprint density at radius 3 is 2.00 bits per heavy atom. The number of hydrogen-bond donors (Lipinski definition) is 4. The van der Waals surface area contributed by atoms with Crippen molar-refractivity contribution in [3.8, 4) is 0 Å². The van der Waals surface area contributed by atoms with Crippen molar-refractivity contribution in [2.75, 3.05) is 16.9 Å². The maximum absolute atomic E-state index is 13.9. The van der Waals surface area contributed by atoms with Crippen LogP contribution >= 0.6 is 46.4 Å². The number of anilines is 2. The van der Waals surface area contributed by atoms with Crippen molar-refractivity contribution in [2.24, 2.45) is 4.99 Å². The molecule has 1 aliphatic heterocycles. The molecule has 0 aromatic heterocycles. The molecule has 4 rings (SSSR count). The van der Waals surface area contributed by atoms with Crippen molar-refractivity contribution in [3.05, 3.63) is 98.0 Å². The number of nitrogens with zero attached hydrogens (tertiary/aromatic N) is 2. The van der Waals surface area contributed by atoms with E-state index in [1.165, 1.54) is 89.2 Å². The first-order valence-electron chi connectivity index (χ1n) is 20.2. The van der Waals surface area contributed by atoms with E-state index >= 15 is 0 Å². The summed E-state index contributed by atoms with van der Waals surface area (Å²) < 4.78 is 29.2. The van der Waals surface area contributed by atoms with Crippen LogP contribution in [0.2, 0.25) is 20.1 Å². The number of unbranched alkanes of at least 4 members (excludes halogenated alkanes) is 14. The molecule has 3 aromatic rings. The van der Waals surface area contributed by atoms with E-state index in [1.54, 1.807) is 48.5 Å². The first kappa shape index (κ1) is 47.4. The van der Waals surface area contributed by atoms with Crippen molar-refractivity contribution in [1.82, 2.24) is 10.1 Å². The van der Waals surface area contributed by atoms with E-state index in [2.05, 4.69) is 27.4 Å². The summed E-state index contributed by atoms with van der Waals surface area (Å²) in [5.74, 6) is -2.13.